The van der Waals surface area contributed by atoms with Gasteiger partial charge in [-0.15, -0.1) is 0 Å². The van der Waals surface area contributed by atoms with E-state index in [1.165, 1.54) is 4.31 Å². The number of aliphatic hydroxyl groups excluding tert-OH is 1. The molecule has 1 N–H and O–H groups in total. The Kier molecular flexibility index (Phi) is 3.81. The maximum atomic E-state index is 12.3. The molecular weight excluding hydrogens is 238 g/mol. The molecule has 1 aliphatic rings. The lowest BCUT2D eigenvalue weighted by atomic mass is 10.2. The molecule has 94 valence electrons. The first-order valence-corrected chi connectivity index (χ1v) is 7.28. The van der Waals surface area contributed by atoms with Gasteiger partial charge in [-0.2, -0.15) is 4.31 Å². The quantitative estimate of drug-likeness (QED) is 0.887. The molecule has 0 aromatic heterocycles. The summed E-state index contributed by atoms with van der Waals surface area (Å²) >= 11 is 0. The molecule has 0 radical (unpaired) electrons. The van der Waals surface area contributed by atoms with Crippen molar-refractivity contribution in [2.75, 3.05) is 13.1 Å². The van der Waals surface area contributed by atoms with Gasteiger partial charge in [0.1, 0.15) is 0 Å². The van der Waals surface area contributed by atoms with E-state index in [9.17, 15) is 8.42 Å². The summed E-state index contributed by atoms with van der Waals surface area (Å²) in [5, 5.41) is 9.03. The van der Waals surface area contributed by atoms with Crippen LogP contribution in [0.4, 0.5) is 0 Å². The molecule has 0 bridgehead atoms. The fourth-order valence-corrected chi connectivity index (χ4v) is 3.65. The number of hydrogen-bond donors (Lipinski definition) is 1. The van der Waals surface area contributed by atoms with Crippen LogP contribution in [0.15, 0.2) is 29.2 Å². The summed E-state index contributed by atoms with van der Waals surface area (Å²) in [7, 11) is -3.37. The maximum Gasteiger partial charge on any atom is 0.243 e. The average Bonchev–Trinajstić information content (AvgIpc) is 2.40. The largest absolute Gasteiger partial charge is 0.392 e. The average molecular weight is 255 g/mol. The molecule has 1 aromatic rings. The zero-order valence-corrected chi connectivity index (χ0v) is 10.5. The molecule has 1 aromatic carbocycles. The van der Waals surface area contributed by atoms with Crippen LogP contribution in [0.5, 0.6) is 0 Å². The van der Waals surface area contributed by atoms with E-state index < -0.39 is 10.0 Å². The number of nitrogens with zero attached hydrogens (tertiary/aromatic N) is 1. The van der Waals surface area contributed by atoms with Gasteiger partial charge in [0, 0.05) is 13.1 Å². The maximum absolute atomic E-state index is 12.3. The Morgan fingerprint density at radius 1 is 1.18 bits per heavy atom. The number of rotatable bonds is 3. The summed E-state index contributed by atoms with van der Waals surface area (Å²) < 4.78 is 26.1. The molecule has 1 saturated heterocycles. The topological polar surface area (TPSA) is 57.6 Å². The van der Waals surface area contributed by atoms with Crippen molar-refractivity contribution in [2.24, 2.45) is 0 Å². The minimum Gasteiger partial charge on any atom is -0.392 e. The summed E-state index contributed by atoms with van der Waals surface area (Å²) in [6.07, 6.45) is 2.96. The monoisotopic (exact) mass is 255 g/mol. The molecule has 17 heavy (non-hydrogen) atoms. The minimum atomic E-state index is -3.37. The fourth-order valence-electron chi connectivity index (χ4n) is 2.06. The van der Waals surface area contributed by atoms with E-state index in [1.54, 1.807) is 24.3 Å². The van der Waals surface area contributed by atoms with Crippen LogP contribution in [0.25, 0.3) is 0 Å². The zero-order chi connectivity index (χ0) is 12.3. The Labute approximate surface area is 102 Å². The summed E-state index contributed by atoms with van der Waals surface area (Å²) in [6.45, 7) is 1.07. The predicted octanol–water partition coefficient (Wildman–Crippen LogP) is 1.35. The van der Waals surface area contributed by atoms with Gasteiger partial charge in [-0.05, 0) is 30.5 Å². The Morgan fingerprint density at radius 3 is 2.53 bits per heavy atom. The van der Waals surface area contributed by atoms with E-state index in [1.807, 2.05) is 0 Å². The predicted molar refractivity (Wildman–Crippen MR) is 65.0 cm³/mol. The van der Waals surface area contributed by atoms with E-state index in [0.29, 0.717) is 18.7 Å². The summed E-state index contributed by atoms with van der Waals surface area (Å²) in [5.41, 5.74) is 0.628. The third-order valence-electron chi connectivity index (χ3n) is 3.03. The van der Waals surface area contributed by atoms with Crippen molar-refractivity contribution in [2.45, 2.75) is 30.8 Å². The fraction of sp³-hybridized carbons (Fsp3) is 0.500. The van der Waals surface area contributed by atoms with Crippen LogP contribution >= 0.6 is 0 Å². The van der Waals surface area contributed by atoms with Crippen LogP contribution in [0.2, 0.25) is 0 Å². The van der Waals surface area contributed by atoms with Crippen molar-refractivity contribution in [3.8, 4) is 0 Å². The van der Waals surface area contributed by atoms with Crippen LogP contribution in [0, 0.1) is 0 Å². The Bertz CT molecular complexity index is 478. The van der Waals surface area contributed by atoms with E-state index in [4.69, 9.17) is 5.11 Å². The molecule has 0 unspecified atom stereocenters. The van der Waals surface area contributed by atoms with Gasteiger partial charge in [-0.1, -0.05) is 18.6 Å². The molecule has 1 heterocycles. The van der Waals surface area contributed by atoms with E-state index >= 15 is 0 Å². The third kappa shape index (κ3) is 2.68. The van der Waals surface area contributed by atoms with Crippen molar-refractivity contribution in [1.29, 1.82) is 0 Å². The lowest BCUT2D eigenvalue weighted by Crippen LogP contribution is -2.35. The van der Waals surface area contributed by atoms with Crippen molar-refractivity contribution >= 4 is 10.0 Å². The second-order valence-electron chi connectivity index (χ2n) is 4.27. The first kappa shape index (κ1) is 12.5. The second-order valence-corrected chi connectivity index (χ2v) is 6.21. The molecule has 0 atom stereocenters. The lowest BCUT2D eigenvalue weighted by Gasteiger charge is -2.25. The molecular formula is C12H17NO3S. The van der Waals surface area contributed by atoms with Crippen LogP contribution in [0.3, 0.4) is 0 Å². The molecule has 2 rings (SSSR count). The lowest BCUT2D eigenvalue weighted by molar-refractivity contribution is 0.281. The van der Waals surface area contributed by atoms with Crippen molar-refractivity contribution in [3.63, 3.8) is 0 Å². The summed E-state index contributed by atoms with van der Waals surface area (Å²) in [4.78, 5) is 0.283. The summed E-state index contributed by atoms with van der Waals surface area (Å²) in [5.74, 6) is 0. The zero-order valence-electron chi connectivity index (χ0n) is 9.67. The summed E-state index contributed by atoms with van der Waals surface area (Å²) in [6, 6.07) is 6.52. The molecule has 1 fully saturated rings. The number of piperidine rings is 1. The standard InChI is InChI=1S/C12H17NO3S/c14-10-11-5-4-6-12(9-11)17(15,16)13-7-2-1-3-8-13/h4-6,9,14H,1-3,7-8,10H2. The highest BCUT2D eigenvalue weighted by atomic mass is 32.2. The van der Waals surface area contributed by atoms with E-state index in [-0.39, 0.29) is 11.5 Å². The molecule has 0 amide bonds. The minimum absolute atomic E-state index is 0.136. The van der Waals surface area contributed by atoms with Crippen LogP contribution in [-0.4, -0.2) is 30.9 Å². The Hall–Kier alpha value is -0.910. The van der Waals surface area contributed by atoms with Gasteiger partial charge in [0.2, 0.25) is 10.0 Å². The van der Waals surface area contributed by atoms with E-state index in [2.05, 4.69) is 0 Å². The first-order chi connectivity index (χ1) is 8.14. The van der Waals surface area contributed by atoms with Crippen molar-refractivity contribution in [1.82, 2.24) is 4.31 Å². The normalized spacial score (nSPS) is 18.2. The van der Waals surface area contributed by atoms with Gasteiger partial charge >= 0.3 is 0 Å². The number of aliphatic hydroxyl groups is 1. The van der Waals surface area contributed by atoms with Gasteiger partial charge in [-0.25, -0.2) is 8.42 Å². The van der Waals surface area contributed by atoms with Crippen LogP contribution < -0.4 is 0 Å². The van der Waals surface area contributed by atoms with Crippen LogP contribution in [0.1, 0.15) is 24.8 Å². The van der Waals surface area contributed by atoms with Crippen molar-refractivity contribution < 1.29 is 13.5 Å². The Balaban J connectivity index is 2.29. The smallest absolute Gasteiger partial charge is 0.243 e. The second kappa shape index (κ2) is 5.16. The highest BCUT2D eigenvalue weighted by Crippen LogP contribution is 2.21. The van der Waals surface area contributed by atoms with Gasteiger partial charge in [-0.3, -0.25) is 0 Å². The van der Waals surface area contributed by atoms with E-state index in [0.717, 1.165) is 19.3 Å². The molecule has 0 saturated carbocycles. The SMILES string of the molecule is O=S(=O)(c1cccc(CO)c1)N1CCCCC1. The van der Waals surface area contributed by atoms with Gasteiger partial charge in [0.05, 0.1) is 11.5 Å². The molecule has 1 aliphatic heterocycles. The third-order valence-corrected chi connectivity index (χ3v) is 4.93. The number of hydrogen-bond acceptors (Lipinski definition) is 3. The number of sulfonamides is 1. The highest BCUT2D eigenvalue weighted by Gasteiger charge is 2.25. The van der Waals surface area contributed by atoms with Gasteiger partial charge in [0.25, 0.3) is 0 Å². The molecule has 0 spiro atoms. The molecule has 4 nitrogen and oxygen atoms in total. The number of benzene rings is 1. The first-order valence-electron chi connectivity index (χ1n) is 5.84. The van der Waals surface area contributed by atoms with Crippen molar-refractivity contribution in [3.05, 3.63) is 29.8 Å². The molecule has 0 aliphatic carbocycles. The van der Waals surface area contributed by atoms with Gasteiger partial charge in [0.15, 0.2) is 0 Å². The van der Waals surface area contributed by atoms with Gasteiger partial charge < -0.3 is 5.11 Å². The van der Waals surface area contributed by atoms with Crippen LogP contribution in [-0.2, 0) is 16.6 Å². The highest BCUT2D eigenvalue weighted by molar-refractivity contribution is 7.89. The Morgan fingerprint density at radius 2 is 1.88 bits per heavy atom. The molecule has 5 heteroatoms.